The van der Waals surface area contributed by atoms with Crippen molar-refractivity contribution in [2.45, 2.75) is 71.5 Å². The fraction of sp³-hybridized carbons (Fsp3) is 0.952. The summed E-state index contributed by atoms with van der Waals surface area (Å²) in [5, 5.41) is 7.31. The van der Waals surface area contributed by atoms with Crippen LogP contribution in [0.15, 0.2) is 4.99 Å². The van der Waals surface area contributed by atoms with Crippen molar-refractivity contribution in [1.29, 1.82) is 0 Å². The highest BCUT2D eigenvalue weighted by Crippen LogP contribution is 2.19. The minimum Gasteiger partial charge on any atom is -0.379 e. The van der Waals surface area contributed by atoms with E-state index in [0.717, 1.165) is 38.8 Å². The van der Waals surface area contributed by atoms with Gasteiger partial charge in [-0.3, -0.25) is 9.89 Å². The molecule has 2 aliphatic heterocycles. The van der Waals surface area contributed by atoms with Crippen LogP contribution in [0.1, 0.15) is 53.4 Å². The lowest BCUT2D eigenvalue weighted by Gasteiger charge is -2.39. The summed E-state index contributed by atoms with van der Waals surface area (Å²) in [6.45, 7) is 16.3. The highest BCUT2D eigenvalue weighted by Gasteiger charge is 2.27. The van der Waals surface area contributed by atoms with Crippen molar-refractivity contribution in [2.24, 2.45) is 10.9 Å². The van der Waals surface area contributed by atoms with Gasteiger partial charge in [-0.25, -0.2) is 0 Å². The molecule has 0 aliphatic carbocycles. The lowest BCUT2D eigenvalue weighted by Crippen LogP contribution is -2.55. The van der Waals surface area contributed by atoms with E-state index in [9.17, 15) is 0 Å². The lowest BCUT2D eigenvalue weighted by atomic mass is 9.92. The van der Waals surface area contributed by atoms with Crippen LogP contribution in [0.3, 0.4) is 0 Å². The van der Waals surface area contributed by atoms with Crippen LogP contribution in [0.4, 0.5) is 0 Å². The zero-order chi connectivity index (χ0) is 19.6. The van der Waals surface area contributed by atoms with Crippen molar-refractivity contribution >= 4 is 5.96 Å². The second kappa shape index (κ2) is 11.9. The van der Waals surface area contributed by atoms with Gasteiger partial charge in [0, 0.05) is 57.9 Å². The molecular formula is C21H43N5O. The summed E-state index contributed by atoms with van der Waals surface area (Å²) in [5.74, 6) is 1.67. The Morgan fingerprint density at radius 2 is 1.67 bits per heavy atom. The third-order valence-electron chi connectivity index (χ3n) is 6.41. The van der Waals surface area contributed by atoms with Crippen LogP contribution in [0, 0.1) is 5.92 Å². The van der Waals surface area contributed by atoms with Gasteiger partial charge in [0.25, 0.3) is 0 Å². The van der Waals surface area contributed by atoms with Crippen molar-refractivity contribution in [3.63, 3.8) is 0 Å². The number of nitrogens with one attached hydrogen (secondary N) is 2. The average molecular weight is 382 g/mol. The number of morpholine rings is 1. The molecule has 27 heavy (non-hydrogen) atoms. The van der Waals surface area contributed by atoms with Gasteiger partial charge in [0.15, 0.2) is 5.96 Å². The Bertz CT molecular complexity index is 424. The Kier molecular flexibility index (Phi) is 9.87. The van der Waals surface area contributed by atoms with Crippen molar-refractivity contribution in [2.75, 3.05) is 53.0 Å². The Balaban J connectivity index is 1.86. The van der Waals surface area contributed by atoms with Crippen LogP contribution >= 0.6 is 0 Å². The standard InChI is InChI=1S/C21H43N5O/c1-6-18(7-2)20(26-12-14-27-15-13-26)16-23-21(22-5)24-19-8-10-25(11-9-19)17(3)4/h17-20H,6-16H2,1-5H3,(H2,22,23,24). The molecule has 6 heteroatoms. The molecule has 0 bridgehead atoms. The predicted molar refractivity (Wildman–Crippen MR) is 114 cm³/mol. The fourth-order valence-corrected chi connectivity index (χ4v) is 4.49. The molecule has 2 rings (SSSR count). The second-order valence-electron chi connectivity index (χ2n) is 8.29. The molecule has 2 aliphatic rings. The van der Waals surface area contributed by atoms with E-state index >= 15 is 0 Å². The van der Waals surface area contributed by atoms with Gasteiger partial charge in [-0.1, -0.05) is 26.7 Å². The first-order valence-corrected chi connectivity index (χ1v) is 11.1. The minimum atomic E-state index is 0.529. The summed E-state index contributed by atoms with van der Waals surface area (Å²) >= 11 is 0. The third-order valence-corrected chi connectivity index (χ3v) is 6.41. The molecule has 6 nitrogen and oxygen atoms in total. The molecule has 2 saturated heterocycles. The summed E-state index contributed by atoms with van der Waals surface area (Å²) < 4.78 is 5.57. The number of piperidine rings is 1. The topological polar surface area (TPSA) is 52.1 Å². The lowest BCUT2D eigenvalue weighted by molar-refractivity contribution is 0.00270. The highest BCUT2D eigenvalue weighted by molar-refractivity contribution is 5.80. The van der Waals surface area contributed by atoms with Crippen molar-refractivity contribution in [3.05, 3.63) is 0 Å². The maximum Gasteiger partial charge on any atom is 0.191 e. The van der Waals surface area contributed by atoms with E-state index in [0.29, 0.717) is 24.0 Å². The first-order chi connectivity index (χ1) is 13.1. The van der Waals surface area contributed by atoms with E-state index < -0.39 is 0 Å². The fourth-order valence-electron chi connectivity index (χ4n) is 4.49. The van der Waals surface area contributed by atoms with E-state index in [4.69, 9.17) is 4.74 Å². The van der Waals surface area contributed by atoms with Crippen LogP contribution in [-0.4, -0.2) is 86.9 Å². The maximum atomic E-state index is 5.57. The molecule has 0 amide bonds. The number of hydrogen-bond acceptors (Lipinski definition) is 4. The highest BCUT2D eigenvalue weighted by atomic mass is 16.5. The third kappa shape index (κ3) is 6.91. The summed E-state index contributed by atoms with van der Waals surface area (Å²) in [5.41, 5.74) is 0. The average Bonchev–Trinajstić information content (AvgIpc) is 2.71. The molecule has 2 N–H and O–H groups in total. The van der Waals surface area contributed by atoms with Crippen molar-refractivity contribution in [1.82, 2.24) is 20.4 Å². The molecular weight excluding hydrogens is 338 g/mol. The number of aliphatic imine (C=N–C) groups is 1. The molecule has 0 saturated carbocycles. The number of likely N-dealkylation sites (tertiary alicyclic amines) is 1. The van der Waals surface area contributed by atoms with Gasteiger partial charge in [0.1, 0.15) is 0 Å². The molecule has 0 spiro atoms. The van der Waals surface area contributed by atoms with Gasteiger partial charge in [-0.15, -0.1) is 0 Å². The molecule has 0 aromatic heterocycles. The molecule has 1 atom stereocenters. The van der Waals surface area contributed by atoms with Gasteiger partial charge in [0.05, 0.1) is 13.2 Å². The van der Waals surface area contributed by atoms with E-state index in [1.807, 2.05) is 7.05 Å². The molecule has 2 heterocycles. The summed E-state index contributed by atoms with van der Waals surface area (Å²) in [4.78, 5) is 9.68. The monoisotopic (exact) mass is 381 g/mol. The molecule has 0 aromatic rings. The van der Waals surface area contributed by atoms with Crippen LogP contribution < -0.4 is 10.6 Å². The number of ether oxygens (including phenoxy) is 1. The number of hydrogen-bond donors (Lipinski definition) is 2. The van der Waals surface area contributed by atoms with E-state index in [2.05, 4.69) is 53.1 Å². The van der Waals surface area contributed by atoms with Gasteiger partial charge >= 0.3 is 0 Å². The van der Waals surface area contributed by atoms with Crippen LogP contribution in [0.25, 0.3) is 0 Å². The van der Waals surface area contributed by atoms with Crippen LogP contribution in [0.2, 0.25) is 0 Å². The van der Waals surface area contributed by atoms with Crippen LogP contribution in [-0.2, 0) is 4.74 Å². The van der Waals surface area contributed by atoms with Gasteiger partial charge in [-0.2, -0.15) is 0 Å². The van der Waals surface area contributed by atoms with Gasteiger partial charge in [-0.05, 0) is 32.6 Å². The Hall–Kier alpha value is -0.850. The summed E-state index contributed by atoms with van der Waals surface area (Å²) in [7, 11) is 1.89. The van der Waals surface area contributed by atoms with Gasteiger partial charge < -0.3 is 20.3 Å². The Morgan fingerprint density at radius 1 is 1.04 bits per heavy atom. The second-order valence-corrected chi connectivity index (χ2v) is 8.29. The maximum absolute atomic E-state index is 5.57. The Morgan fingerprint density at radius 3 is 2.19 bits per heavy atom. The molecule has 158 valence electrons. The predicted octanol–water partition coefficient (Wildman–Crippen LogP) is 2.16. The zero-order valence-electron chi connectivity index (χ0n) is 18.3. The van der Waals surface area contributed by atoms with Crippen molar-refractivity contribution < 1.29 is 4.74 Å². The van der Waals surface area contributed by atoms with Crippen LogP contribution in [0.5, 0.6) is 0 Å². The minimum absolute atomic E-state index is 0.529. The number of rotatable bonds is 8. The molecule has 2 fully saturated rings. The number of guanidine groups is 1. The first kappa shape index (κ1) is 22.4. The van der Waals surface area contributed by atoms with E-state index in [-0.39, 0.29) is 0 Å². The Labute approximate surface area is 167 Å². The van der Waals surface area contributed by atoms with Gasteiger partial charge in [0.2, 0.25) is 0 Å². The molecule has 0 aromatic carbocycles. The van der Waals surface area contributed by atoms with Crippen molar-refractivity contribution in [3.8, 4) is 0 Å². The normalized spacial score (nSPS) is 22.4. The van der Waals surface area contributed by atoms with E-state index in [1.54, 1.807) is 0 Å². The molecule has 1 unspecified atom stereocenters. The smallest absolute Gasteiger partial charge is 0.191 e. The largest absolute Gasteiger partial charge is 0.379 e. The summed E-state index contributed by atoms with van der Waals surface area (Å²) in [6, 6.07) is 1.73. The quantitative estimate of drug-likeness (QED) is 0.498. The SMILES string of the molecule is CCC(CC)C(CNC(=NC)NC1CCN(C(C)C)CC1)N1CCOCC1. The molecule has 0 radical (unpaired) electrons. The zero-order valence-corrected chi connectivity index (χ0v) is 18.3. The van der Waals surface area contributed by atoms with E-state index in [1.165, 1.54) is 38.8 Å². The summed E-state index contributed by atoms with van der Waals surface area (Å²) in [6.07, 6.45) is 4.83. The number of nitrogens with zero attached hydrogens (tertiary/aromatic N) is 3. The first-order valence-electron chi connectivity index (χ1n) is 11.1.